The maximum absolute atomic E-state index is 12.2. The third-order valence-corrected chi connectivity index (χ3v) is 6.12. The number of aryl methyl sites for hydroxylation is 1. The third-order valence-electron chi connectivity index (χ3n) is 3.02. The van der Waals surface area contributed by atoms with Crippen LogP contribution in [-0.2, 0) is 4.79 Å². The van der Waals surface area contributed by atoms with Gasteiger partial charge in [0.05, 0.1) is 16.2 Å². The topological polar surface area (TPSA) is 54.9 Å². The molecule has 0 saturated heterocycles. The number of nitrogens with one attached hydrogen (secondary N) is 1. The van der Waals surface area contributed by atoms with E-state index in [1.165, 1.54) is 11.3 Å². The predicted octanol–water partition coefficient (Wildman–Crippen LogP) is 3.71. The summed E-state index contributed by atoms with van der Waals surface area (Å²) in [6, 6.07) is 3.83. The fourth-order valence-corrected chi connectivity index (χ4v) is 3.31. The van der Waals surface area contributed by atoms with Crippen molar-refractivity contribution >= 4 is 46.6 Å². The van der Waals surface area contributed by atoms with Crippen molar-refractivity contribution in [2.24, 2.45) is 5.92 Å². The molecule has 2 aromatic heterocycles. The van der Waals surface area contributed by atoms with Gasteiger partial charge in [0.15, 0.2) is 0 Å². The first-order valence-electron chi connectivity index (χ1n) is 6.42. The number of pyridine rings is 1. The minimum absolute atomic E-state index is 0.0176. The highest BCUT2D eigenvalue weighted by atomic mass is 32.2. The molecule has 1 N–H and O–H groups in total. The van der Waals surface area contributed by atoms with Gasteiger partial charge in [-0.15, -0.1) is 0 Å². The van der Waals surface area contributed by atoms with Crippen LogP contribution in [0.1, 0.15) is 12.6 Å². The Hall–Kier alpha value is -1.05. The SMILES string of the molecule is CSC(S)C(C)C(=O)Nc1sc(-c2cccnc2)nc1C. The molecule has 4 nitrogen and oxygen atoms in total. The molecule has 2 heterocycles. The minimum atomic E-state index is -0.174. The van der Waals surface area contributed by atoms with E-state index in [1.54, 1.807) is 24.2 Å². The predicted molar refractivity (Wildman–Crippen MR) is 94.2 cm³/mol. The molecule has 0 bridgehead atoms. The number of nitrogens with zero attached hydrogens (tertiary/aromatic N) is 2. The van der Waals surface area contributed by atoms with Crippen LogP contribution in [0.4, 0.5) is 5.00 Å². The van der Waals surface area contributed by atoms with E-state index in [-0.39, 0.29) is 16.4 Å². The van der Waals surface area contributed by atoms with Crippen LogP contribution in [0.15, 0.2) is 24.5 Å². The normalized spacial score (nSPS) is 13.7. The van der Waals surface area contributed by atoms with Crippen LogP contribution in [-0.4, -0.2) is 26.7 Å². The Kier molecular flexibility index (Phi) is 5.66. The lowest BCUT2D eigenvalue weighted by Gasteiger charge is -2.16. The van der Waals surface area contributed by atoms with E-state index in [0.717, 1.165) is 21.3 Å². The molecular formula is C14H17N3OS3. The van der Waals surface area contributed by atoms with Crippen LogP contribution in [0, 0.1) is 12.8 Å². The van der Waals surface area contributed by atoms with Gasteiger partial charge in [-0.3, -0.25) is 9.78 Å². The van der Waals surface area contributed by atoms with Crippen LogP contribution < -0.4 is 5.32 Å². The molecule has 1 amide bonds. The number of amides is 1. The maximum Gasteiger partial charge on any atom is 0.229 e. The zero-order valence-electron chi connectivity index (χ0n) is 12.0. The van der Waals surface area contributed by atoms with Crippen molar-refractivity contribution in [3.63, 3.8) is 0 Å². The molecule has 0 radical (unpaired) electrons. The van der Waals surface area contributed by atoms with Gasteiger partial charge in [-0.25, -0.2) is 4.98 Å². The Morgan fingerprint density at radius 1 is 1.52 bits per heavy atom. The number of rotatable bonds is 5. The highest BCUT2D eigenvalue weighted by Gasteiger charge is 2.22. The number of hydrogen-bond donors (Lipinski definition) is 2. The third kappa shape index (κ3) is 3.99. The minimum Gasteiger partial charge on any atom is -0.316 e. The number of anilines is 1. The molecule has 0 aliphatic carbocycles. The number of carbonyl (C=O) groups excluding carboxylic acids is 1. The summed E-state index contributed by atoms with van der Waals surface area (Å²) in [5, 5.41) is 4.59. The molecule has 112 valence electrons. The summed E-state index contributed by atoms with van der Waals surface area (Å²) < 4.78 is -0.0176. The summed E-state index contributed by atoms with van der Waals surface area (Å²) >= 11 is 7.42. The van der Waals surface area contributed by atoms with E-state index in [4.69, 9.17) is 0 Å². The number of aromatic nitrogens is 2. The van der Waals surface area contributed by atoms with E-state index in [9.17, 15) is 4.79 Å². The average molecular weight is 340 g/mol. The molecule has 0 spiro atoms. The standard InChI is InChI=1S/C14H17N3OS3/c1-8(14(19)20-3)11(18)17-12-9(2)16-13(21-12)10-5-4-6-15-7-10/h4-8,14,19H,1-3H3,(H,17,18). The molecule has 0 fully saturated rings. The molecule has 7 heteroatoms. The van der Waals surface area contributed by atoms with Crippen molar-refractivity contribution in [1.82, 2.24) is 9.97 Å². The van der Waals surface area contributed by atoms with E-state index in [2.05, 4.69) is 27.9 Å². The fraction of sp³-hybridized carbons (Fsp3) is 0.357. The molecule has 21 heavy (non-hydrogen) atoms. The molecular weight excluding hydrogens is 322 g/mol. The summed E-state index contributed by atoms with van der Waals surface area (Å²) in [5.41, 5.74) is 1.77. The Morgan fingerprint density at radius 2 is 2.29 bits per heavy atom. The summed E-state index contributed by atoms with van der Waals surface area (Å²) in [4.78, 5) is 20.8. The zero-order chi connectivity index (χ0) is 15.4. The maximum atomic E-state index is 12.2. The van der Waals surface area contributed by atoms with Gasteiger partial charge in [0.2, 0.25) is 5.91 Å². The molecule has 2 rings (SSSR count). The first-order valence-corrected chi connectivity index (χ1v) is 9.04. The van der Waals surface area contributed by atoms with Crippen LogP contribution >= 0.6 is 35.7 Å². The average Bonchev–Trinajstić information content (AvgIpc) is 2.87. The molecule has 0 saturated carbocycles. The molecule has 2 atom stereocenters. The molecule has 0 aliphatic heterocycles. The second-order valence-corrected chi connectivity index (χ2v) is 7.46. The summed E-state index contributed by atoms with van der Waals surface area (Å²) in [5.74, 6) is -0.208. The molecule has 0 aliphatic rings. The summed E-state index contributed by atoms with van der Waals surface area (Å²) in [7, 11) is 0. The first-order chi connectivity index (χ1) is 10.0. The smallest absolute Gasteiger partial charge is 0.229 e. The van der Waals surface area contributed by atoms with Crippen LogP contribution in [0.3, 0.4) is 0 Å². The first kappa shape index (κ1) is 16.3. The van der Waals surface area contributed by atoms with E-state index < -0.39 is 0 Å². The van der Waals surface area contributed by atoms with Gasteiger partial charge in [-0.1, -0.05) is 18.3 Å². The largest absolute Gasteiger partial charge is 0.316 e. The Labute approximate surface area is 138 Å². The Balaban J connectivity index is 2.15. The van der Waals surface area contributed by atoms with Crippen molar-refractivity contribution in [2.75, 3.05) is 11.6 Å². The summed E-state index contributed by atoms with van der Waals surface area (Å²) in [6.45, 7) is 3.77. The quantitative estimate of drug-likeness (QED) is 0.644. The molecule has 2 unspecified atom stereocenters. The van der Waals surface area contributed by atoms with Gasteiger partial charge < -0.3 is 5.32 Å². The molecule has 0 aromatic carbocycles. The highest BCUT2D eigenvalue weighted by molar-refractivity contribution is 8.09. The van der Waals surface area contributed by atoms with Crippen molar-refractivity contribution in [1.29, 1.82) is 0 Å². The number of thiazole rings is 1. The van der Waals surface area contributed by atoms with Crippen molar-refractivity contribution in [3.05, 3.63) is 30.2 Å². The monoisotopic (exact) mass is 339 g/mol. The zero-order valence-corrected chi connectivity index (χ0v) is 14.6. The van der Waals surface area contributed by atoms with E-state index >= 15 is 0 Å². The van der Waals surface area contributed by atoms with Gasteiger partial charge in [0, 0.05) is 18.0 Å². The lowest BCUT2D eigenvalue weighted by molar-refractivity contribution is -0.118. The highest BCUT2D eigenvalue weighted by Crippen LogP contribution is 2.32. The second-order valence-electron chi connectivity index (χ2n) is 4.58. The van der Waals surface area contributed by atoms with Crippen molar-refractivity contribution < 1.29 is 4.79 Å². The number of hydrogen-bond acceptors (Lipinski definition) is 6. The molecule has 2 aromatic rings. The van der Waals surface area contributed by atoms with Crippen molar-refractivity contribution in [2.45, 2.75) is 18.4 Å². The summed E-state index contributed by atoms with van der Waals surface area (Å²) in [6.07, 6.45) is 5.44. The number of thiol groups is 1. The van der Waals surface area contributed by atoms with E-state index in [0.29, 0.717) is 0 Å². The lowest BCUT2D eigenvalue weighted by Crippen LogP contribution is -2.25. The van der Waals surface area contributed by atoms with Gasteiger partial charge in [-0.2, -0.15) is 24.4 Å². The lowest BCUT2D eigenvalue weighted by atomic mass is 10.2. The van der Waals surface area contributed by atoms with Crippen molar-refractivity contribution in [3.8, 4) is 10.6 Å². The van der Waals surface area contributed by atoms with Gasteiger partial charge in [-0.05, 0) is 25.3 Å². The van der Waals surface area contributed by atoms with Crippen LogP contribution in [0.25, 0.3) is 10.6 Å². The van der Waals surface area contributed by atoms with Crippen LogP contribution in [0.2, 0.25) is 0 Å². The van der Waals surface area contributed by atoms with Gasteiger partial charge in [0.25, 0.3) is 0 Å². The fourth-order valence-electron chi connectivity index (χ4n) is 1.68. The Bertz CT molecular complexity index is 615. The van der Waals surface area contributed by atoms with Crippen LogP contribution in [0.5, 0.6) is 0 Å². The van der Waals surface area contributed by atoms with Gasteiger partial charge in [0.1, 0.15) is 10.0 Å². The Morgan fingerprint density at radius 3 is 2.90 bits per heavy atom. The number of thioether (sulfide) groups is 1. The second kappa shape index (κ2) is 7.29. The van der Waals surface area contributed by atoms with Gasteiger partial charge >= 0.3 is 0 Å². The number of carbonyl (C=O) groups is 1. The van der Waals surface area contributed by atoms with E-state index in [1.807, 2.05) is 32.2 Å².